The average Bonchev–Trinajstić information content (AvgIpc) is 3.88. The summed E-state index contributed by atoms with van der Waals surface area (Å²) in [7, 11) is 0. The van der Waals surface area contributed by atoms with Gasteiger partial charge in [-0.25, -0.2) is 0 Å². The minimum atomic E-state index is -2.46. The molecule has 2 saturated carbocycles. The van der Waals surface area contributed by atoms with Gasteiger partial charge in [0, 0.05) is 53.7 Å². The second kappa shape index (κ2) is 14.0. The molecule has 2 aliphatic rings. The van der Waals surface area contributed by atoms with E-state index in [9.17, 15) is 0 Å². The molecule has 0 spiro atoms. The smallest absolute Gasteiger partial charge is 0.0618 e. The molecule has 2 aliphatic carbocycles. The fourth-order valence-electron chi connectivity index (χ4n) is 6.93. The summed E-state index contributed by atoms with van der Waals surface area (Å²) in [6, 6.07) is 18.8. The second-order valence-electron chi connectivity index (χ2n) is 12.3. The van der Waals surface area contributed by atoms with Crippen LogP contribution in [0.15, 0.2) is 73.3 Å². The molecule has 2 aromatic carbocycles. The molecule has 4 aromatic heterocycles. The molecule has 0 amide bonds. The van der Waals surface area contributed by atoms with Gasteiger partial charge in [0.05, 0.1) is 2.74 Å². The molecule has 0 atom stereocenters. The zero-order valence-corrected chi connectivity index (χ0v) is 28.9. The Balaban J connectivity index is 0.000000171. The van der Waals surface area contributed by atoms with Crippen molar-refractivity contribution in [2.75, 3.05) is 0 Å². The second-order valence-corrected chi connectivity index (χ2v) is 13.3. The number of nitrogens with zero attached hydrogens (tertiary/aromatic N) is 3. The van der Waals surface area contributed by atoms with Crippen LogP contribution in [0.2, 0.25) is 0 Å². The van der Waals surface area contributed by atoms with Crippen LogP contribution in [0.3, 0.4) is 0 Å². The van der Waals surface area contributed by atoms with Crippen LogP contribution in [0.5, 0.6) is 0 Å². The van der Waals surface area contributed by atoms with Crippen LogP contribution in [0.25, 0.3) is 42.7 Å². The summed E-state index contributed by atoms with van der Waals surface area (Å²) in [5, 5.41) is 2.20. The fourth-order valence-corrected chi connectivity index (χ4v) is 8.11. The molecule has 5 heteroatoms. The van der Waals surface area contributed by atoms with Gasteiger partial charge in [-0.1, -0.05) is 49.2 Å². The first kappa shape index (κ1) is 25.9. The van der Waals surface area contributed by atoms with Crippen molar-refractivity contribution in [1.29, 1.82) is 0 Å². The third kappa shape index (κ3) is 6.82. The molecule has 4 heterocycles. The van der Waals surface area contributed by atoms with Gasteiger partial charge in [0.1, 0.15) is 0 Å². The Morgan fingerprint density at radius 2 is 1.56 bits per heavy atom. The van der Waals surface area contributed by atoms with Gasteiger partial charge in [-0.05, 0) is 102 Å². The molecular weight excluding hydrogens is 747 g/mol. The molecular formula is C40H39IrN3S-2. The molecule has 0 aliphatic heterocycles. The molecule has 1 radical (unpaired) electrons. The maximum atomic E-state index is 8.18. The Hall–Kier alpha value is -3.24. The van der Waals surface area contributed by atoms with Crippen molar-refractivity contribution in [1.82, 2.24) is 15.0 Å². The zero-order valence-electron chi connectivity index (χ0n) is 30.7. The number of benzene rings is 2. The van der Waals surface area contributed by atoms with Gasteiger partial charge in [-0.15, -0.1) is 59.2 Å². The van der Waals surface area contributed by atoms with Crippen molar-refractivity contribution < 1.29 is 27.0 Å². The Bertz CT molecular complexity index is 2150. The number of fused-ring (bicyclic) bond motifs is 3. The van der Waals surface area contributed by atoms with Gasteiger partial charge < -0.3 is 9.97 Å². The van der Waals surface area contributed by atoms with E-state index in [-0.39, 0.29) is 43.4 Å². The minimum Gasteiger partial charge on any atom is -0.304 e. The number of hydrogen-bond donors (Lipinski definition) is 0. The molecule has 0 saturated heterocycles. The van der Waals surface area contributed by atoms with Crippen LogP contribution >= 0.6 is 11.3 Å². The number of rotatable bonds is 4. The van der Waals surface area contributed by atoms with Gasteiger partial charge in [0.15, 0.2) is 0 Å². The largest absolute Gasteiger partial charge is 0.304 e. The first-order chi connectivity index (χ1) is 23.6. The van der Waals surface area contributed by atoms with E-state index in [1.54, 1.807) is 11.3 Å². The Labute approximate surface area is 292 Å². The van der Waals surface area contributed by atoms with Crippen molar-refractivity contribution in [2.45, 2.75) is 83.9 Å². The van der Waals surface area contributed by atoms with E-state index < -0.39 is 6.85 Å². The van der Waals surface area contributed by atoms with Gasteiger partial charge in [0.25, 0.3) is 0 Å². The molecule has 231 valence electrons. The quantitative estimate of drug-likeness (QED) is 0.167. The maximum absolute atomic E-state index is 8.18. The summed E-state index contributed by atoms with van der Waals surface area (Å²) in [5.41, 5.74) is 8.36. The Morgan fingerprint density at radius 1 is 0.800 bits per heavy atom. The van der Waals surface area contributed by atoms with Gasteiger partial charge in [-0.2, -0.15) is 11.3 Å². The van der Waals surface area contributed by atoms with Crippen LogP contribution in [0.1, 0.15) is 97.9 Å². The first-order valence-corrected chi connectivity index (χ1v) is 16.5. The SMILES string of the molecule is Cc1cnc(-c2[c-]ccc(C3CCCC3)c2)cc1C1CCCC1.[2H]c1c(C([2H])([2H])[2H])cnc(-c2[c-]cc3c(c2)sc2cncc(C)c23)c1[2H].[Ir]. The van der Waals surface area contributed by atoms with Crippen molar-refractivity contribution in [3.05, 3.63) is 113 Å². The summed E-state index contributed by atoms with van der Waals surface area (Å²) < 4.78 is 40.6. The van der Waals surface area contributed by atoms with E-state index in [4.69, 9.17) is 11.8 Å². The predicted molar refractivity (Wildman–Crippen MR) is 184 cm³/mol. The Morgan fingerprint density at radius 3 is 2.36 bits per heavy atom. The minimum absolute atomic E-state index is 0. The normalized spacial score (nSPS) is 17.2. The van der Waals surface area contributed by atoms with Crippen molar-refractivity contribution in [3.63, 3.8) is 0 Å². The van der Waals surface area contributed by atoms with Crippen LogP contribution in [-0.2, 0) is 20.1 Å². The molecule has 2 fully saturated rings. The number of aromatic nitrogens is 3. The zero-order chi connectivity index (χ0) is 34.3. The van der Waals surface area contributed by atoms with Crippen molar-refractivity contribution in [2.24, 2.45) is 0 Å². The van der Waals surface area contributed by atoms with Gasteiger partial charge in [0.2, 0.25) is 0 Å². The molecule has 3 nitrogen and oxygen atoms in total. The summed E-state index contributed by atoms with van der Waals surface area (Å²) >= 11 is 1.59. The fraction of sp³-hybridized carbons (Fsp3) is 0.325. The molecule has 45 heavy (non-hydrogen) atoms. The van der Waals surface area contributed by atoms with E-state index in [0.717, 1.165) is 43.3 Å². The van der Waals surface area contributed by atoms with E-state index in [2.05, 4.69) is 59.5 Å². The Kier molecular flexibility index (Phi) is 8.08. The molecule has 0 N–H and O–H groups in total. The number of pyridine rings is 3. The topological polar surface area (TPSA) is 38.7 Å². The van der Waals surface area contributed by atoms with Crippen molar-refractivity contribution >= 4 is 31.5 Å². The third-order valence-electron chi connectivity index (χ3n) is 9.26. The predicted octanol–water partition coefficient (Wildman–Crippen LogP) is 11.1. The molecule has 8 rings (SSSR count). The maximum Gasteiger partial charge on any atom is 0.0618 e. The van der Waals surface area contributed by atoms with Crippen LogP contribution < -0.4 is 0 Å². The van der Waals surface area contributed by atoms with E-state index in [1.165, 1.54) is 79.8 Å². The summed E-state index contributed by atoms with van der Waals surface area (Å²) in [6.45, 7) is 1.77. The number of aryl methyl sites for hydroxylation is 3. The molecule has 6 aromatic rings. The standard InChI is InChI=1S/C22H26N.C18H13N2S.Ir/c1-16-15-23-22(14-21(16)18-9-4-5-10-18)20-12-6-11-19(13-20)17-7-2-3-8-17;1-11-3-6-15(20-8-11)13-4-5-14-16(7-13)21-17-10-19-9-12(2)18(14)17;/h6,11,13-15,17-18H,2-5,7-10H2,1H3;3,5-10H,1-2H3;/q2*-1;/i;1D3,3D,6D;. The van der Waals surface area contributed by atoms with Gasteiger partial charge in [-0.3, -0.25) is 4.98 Å². The first-order valence-electron chi connectivity index (χ1n) is 18.2. The average molecular weight is 791 g/mol. The number of hydrogen-bond acceptors (Lipinski definition) is 4. The summed E-state index contributed by atoms with van der Waals surface area (Å²) in [6.07, 6.45) is 17.8. The van der Waals surface area contributed by atoms with Crippen LogP contribution in [0.4, 0.5) is 0 Å². The van der Waals surface area contributed by atoms with E-state index in [0.29, 0.717) is 5.56 Å². The van der Waals surface area contributed by atoms with E-state index >= 15 is 0 Å². The molecule has 0 unspecified atom stereocenters. The van der Waals surface area contributed by atoms with Crippen molar-refractivity contribution in [3.8, 4) is 22.5 Å². The van der Waals surface area contributed by atoms with Gasteiger partial charge >= 0.3 is 0 Å². The third-order valence-corrected chi connectivity index (χ3v) is 10.4. The van der Waals surface area contributed by atoms with E-state index in [1.807, 2.05) is 31.5 Å². The summed E-state index contributed by atoms with van der Waals surface area (Å²) in [5.74, 6) is 1.50. The number of thiophene rings is 1. The van der Waals surface area contributed by atoms with Crippen LogP contribution in [0, 0.1) is 32.8 Å². The summed E-state index contributed by atoms with van der Waals surface area (Å²) in [4.78, 5) is 13.1. The monoisotopic (exact) mass is 791 g/mol. The molecule has 0 bridgehead atoms. The van der Waals surface area contributed by atoms with Crippen LogP contribution in [-0.4, -0.2) is 15.0 Å².